The Kier molecular flexibility index (Phi) is 4.11. The molecule has 1 unspecified atom stereocenters. The highest BCUT2D eigenvalue weighted by Gasteiger charge is 2.04. The molecule has 0 spiro atoms. The zero-order valence-electron chi connectivity index (χ0n) is 8.83. The fourth-order valence-corrected chi connectivity index (χ4v) is 1.48. The molecule has 14 heavy (non-hydrogen) atoms. The molecule has 2 heteroatoms. The van der Waals surface area contributed by atoms with Gasteiger partial charge in [-0.3, -0.25) is 0 Å². The molecule has 0 amide bonds. The Hall–Kier alpha value is -0.860. The Balaban J connectivity index is 2.62. The van der Waals surface area contributed by atoms with E-state index in [0.717, 1.165) is 6.42 Å². The molecular formula is C12H18O2. The SMILES string of the molecule is Cc1ccc(C)c(CCC(O)CO)c1. The molecule has 0 fully saturated rings. The first kappa shape index (κ1) is 11.2. The van der Waals surface area contributed by atoms with Gasteiger partial charge < -0.3 is 10.2 Å². The van der Waals surface area contributed by atoms with Crippen LogP contribution in [0, 0.1) is 13.8 Å². The standard InChI is InChI=1S/C12H18O2/c1-9-3-4-10(2)11(7-9)5-6-12(14)8-13/h3-4,7,12-14H,5-6,8H2,1-2H3. The number of hydrogen-bond acceptors (Lipinski definition) is 2. The molecule has 0 radical (unpaired) electrons. The van der Waals surface area contributed by atoms with E-state index >= 15 is 0 Å². The summed E-state index contributed by atoms with van der Waals surface area (Å²) in [6, 6.07) is 6.32. The predicted octanol–water partition coefficient (Wildman–Crippen LogP) is 1.59. The van der Waals surface area contributed by atoms with Crippen LogP contribution in [0.25, 0.3) is 0 Å². The van der Waals surface area contributed by atoms with Crippen LogP contribution in [0.4, 0.5) is 0 Å². The van der Waals surface area contributed by atoms with E-state index in [1.165, 1.54) is 16.7 Å². The molecule has 2 nitrogen and oxygen atoms in total. The summed E-state index contributed by atoms with van der Waals surface area (Å²) >= 11 is 0. The van der Waals surface area contributed by atoms with Gasteiger partial charge in [0.1, 0.15) is 0 Å². The summed E-state index contributed by atoms with van der Waals surface area (Å²) in [6.45, 7) is 3.98. The Labute approximate surface area is 85.2 Å². The van der Waals surface area contributed by atoms with E-state index < -0.39 is 6.10 Å². The van der Waals surface area contributed by atoms with Crippen molar-refractivity contribution in [3.05, 3.63) is 34.9 Å². The topological polar surface area (TPSA) is 40.5 Å². The lowest BCUT2D eigenvalue weighted by Crippen LogP contribution is -2.12. The predicted molar refractivity (Wildman–Crippen MR) is 57.3 cm³/mol. The third-order valence-electron chi connectivity index (χ3n) is 2.46. The van der Waals surface area contributed by atoms with Crippen LogP contribution < -0.4 is 0 Å². The largest absolute Gasteiger partial charge is 0.394 e. The van der Waals surface area contributed by atoms with Crippen LogP contribution in [-0.2, 0) is 6.42 Å². The molecule has 78 valence electrons. The summed E-state index contributed by atoms with van der Waals surface area (Å²) in [6.07, 6.45) is 0.866. The molecule has 0 aliphatic carbocycles. The third kappa shape index (κ3) is 3.13. The van der Waals surface area contributed by atoms with Crippen molar-refractivity contribution in [3.63, 3.8) is 0 Å². The average Bonchev–Trinajstić information content (AvgIpc) is 2.19. The maximum Gasteiger partial charge on any atom is 0.0774 e. The van der Waals surface area contributed by atoms with Gasteiger partial charge >= 0.3 is 0 Å². The average molecular weight is 194 g/mol. The van der Waals surface area contributed by atoms with Crippen molar-refractivity contribution >= 4 is 0 Å². The van der Waals surface area contributed by atoms with Crippen LogP contribution >= 0.6 is 0 Å². The second-order valence-corrected chi connectivity index (χ2v) is 3.81. The quantitative estimate of drug-likeness (QED) is 0.764. The van der Waals surface area contributed by atoms with Crippen LogP contribution in [-0.4, -0.2) is 22.9 Å². The Morgan fingerprint density at radius 3 is 2.64 bits per heavy atom. The second-order valence-electron chi connectivity index (χ2n) is 3.81. The molecular weight excluding hydrogens is 176 g/mol. The third-order valence-corrected chi connectivity index (χ3v) is 2.46. The normalized spacial score (nSPS) is 12.9. The summed E-state index contributed by atoms with van der Waals surface area (Å²) in [5.41, 5.74) is 3.75. The molecule has 1 aromatic carbocycles. The molecule has 1 rings (SSSR count). The minimum absolute atomic E-state index is 0.148. The maximum absolute atomic E-state index is 9.23. The first-order valence-electron chi connectivity index (χ1n) is 4.98. The molecule has 0 aromatic heterocycles. The zero-order valence-corrected chi connectivity index (χ0v) is 8.83. The van der Waals surface area contributed by atoms with Gasteiger partial charge in [-0.2, -0.15) is 0 Å². The van der Waals surface area contributed by atoms with Gasteiger partial charge in [0.25, 0.3) is 0 Å². The summed E-state index contributed by atoms with van der Waals surface area (Å²) in [4.78, 5) is 0. The Bertz CT molecular complexity index is 294. The van der Waals surface area contributed by atoms with E-state index in [-0.39, 0.29) is 6.61 Å². The van der Waals surface area contributed by atoms with Crippen molar-refractivity contribution in [3.8, 4) is 0 Å². The monoisotopic (exact) mass is 194 g/mol. The molecule has 1 atom stereocenters. The van der Waals surface area contributed by atoms with E-state index in [9.17, 15) is 5.11 Å². The van der Waals surface area contributed by atoms with Crippen molar-refractivity contribution in [1.29, 1.82) is 0 Å². The van der Waals surface area contributed by atoms with Gasteiger partial charge in [0.2, 0.25) is 0 Å². The fourth-order valence-electron chi connectivity index (χ4n) is 1.48. The van der Waals surface area contributed by atoms with E-state index in [1.54, 1.807) is 0 Å². The summed E-state index contributed by atoms with van der Waals surface area (Å²) in [7, 11) is 0. The minimum Gasteiger partial charge on any atom is -0.394 e. The van der Waals surface area contributed by atoms with Gasteiger partial charge in [-0.1, -0.05) is 23.8 Å². The van der Waals surface area contributed by atoms with Crippen molar-refractivity contribution in [1.82, 2.24) is 0 Å². The van der Waals surface area contributed by atoms with Crippen LogP contribution in [0.2, 0.25) is 0 Å². The molecule has 1 aromatic rings. The van der Waals surface area contributed by atoms with Gasteiger partial charge in [0, 0.05) is 0 Å². The number of hydrogen-bond donors (Lipinski definition) is 2. The number of benzene rings is 1. The molecule has 0 heterocycles. The number of aliphatic hydroxyl groups is 2. The minimum atomic E-state index is -0.588. The second kappa shape index (κ2) is 5.13. The molecule has 0 saturated carbocycles. The van der Waals surface area contributed by atoms with Crippen molar-refractivity contribution in [2.24, 2.45) is 0 Å². The maximum atomic E-state index is 9.23. The lowest BCUT2D eigenvalue weighted by Gasteiger charge is -2.09. The van der Waals surface area contributed by atoms with Crippen molar-refractivity contribution in [2.75, 3.05) is 6.61 Å². The van der Waals surface area contributed by atoms with E-state index in [0.29, 0.717) is 6.42 Å². The summed E-state index contributed by atoms with van der Waals surface area (Å²) < 4.78 is 0. The number of aliphatic hydroxyl groups excluding tert-OH is 2. The highest BCUT2D eigenvalue weighted by molar-refractivity contribution is 5.30. The summed E-state index contributed by atoms with van der Waals surface area (Å²) in [5, 5.41) is 17.9. The van der Waals surface area contributed by atoms with Crippen LogP contribution in [0.1, 0.15) is 23.1 Å². The molecule has 0 aliphatic rings. The molecule has 0 bridgehead atoms. The van der Waals surface area contributed by atoms with Gasteiger partial charge in [-0.05, 0) is 37.8 Å². The number of aryl methyl sites for hydroxylation is 3. The Morgan fingerprint density at radius 1 is 1.29 bits per heavy atom. The number of rotatable bonds is 4. The van der Waals surface area contributed by atoms with Gasteiger partial charge in [-0.25, -0.2) is 0 Å². The van der Waals surface area contributed by atoms with E-state index in [1.807, 2.05) is 0 Å². The van der Waals surface area contributed by atoms with Crippen LogP contribution in [0.3, 0.4) is 0 Å². The first-order chi connectivity index (χ1) is 6.63. The van der Waals surface area contributed by atoms with Gasteiger partial charge in [0.05, 0.1) is 12.7 Å². The van der Waals surface area contributed by atoms with Crippen molar-refractivity contribution < 1.29 is 10.2 Å². The molecule has 0 aliphatic heterocycles. The van der Waals surface area contributed by atoms with E-state index in [2.05, 4.69) is 32.0 Å². The summed E-state index contributed by atoms with van der Waals surface area (Å²) in [5.74, 6) is 0. The lowest BCUT2D eigenvalue weighted by atomic mass is 10.00. The lowest BCUT2D eigenvalue weighted by molar-refractivity contribution is 0.0885. The fraction of sp³-hybridized carbons (Fsp3) is 0.500. The van der Waals surface area contributed by atoms with Gasteiger partial charge in [-0.15, -0.1) is 0 Å². The smallest absolute Gasteiger partial charge is 0.0774 e. The first-order valence-corrected chi connectivity index (χ1v) is 4.98. The van der Waals surface area contributed by atoms with Gasteiger partial charge in [0.15, 0.2) is 0 Å². The van der Waals surface area contributed by atoms with Crippen molar-refractivity contribution in [2.45, 2.75) is 32.8 Å². The molecule has 0 saturated heterocycles. The Morgan fingerprint density at radius 2 is 2.00 bits per heavy atom. The zero-order chi connectivity index (χ0) is 10.6. The van der Waals surface area contributed by atoms with Crippen LogP contribution in [0.5, 0.6) is 0 Å². The highest BCUT2D eigenvalue weighted by Crippen LogP contribution is 2.13. The molecule has 2 N–H and O–H groups in total. The van der Waals surface area contributed by atoms with Crippen LogP contribution in [0.15, 0.2) is 18.2 Å². The van der Waals surface area contributed by atoms with E-state index in [4.69, 9.17) is 5.11 Å². The highest BCUT2D eigenvalue weighted by atomic mass is 16.3.